The normalized spacial score (nSPS) is 12.4. The van der Waals surface area contributed by atoms with Gasteiger partial charge in [-0.2, -0.15) is 0 Å². The van der Waals surface area contributed by atoms with Gasteiger partial charge in [-0.3, -0.25) is 0 Å². The molecule has 2 aromatic carbocycles. The van der Waals surface area contributed by atoms with E-state index in [4.69, 9.17) is 9.72 Å². The summed E-state index contributed by atoms with van der Waals surface area (Å²) in [5.74, 6) is 1.58. The molecule has 5 heteroatoms. The smallest absolute Gasteiger partial charge is 0.146 e. The number of nitrogens with one attached hydrogen (secondary N) is 1. The Morgan fingerprint density at radius 3 is 2.35 bits per heavy atom. The first-order chi connectivity index (χ1) is 16.4. The molecule has 0 amide bonds. The van der Waals surface area contributed by atoms with Crippen LogP contribution in [-0.4, -0.2) is 21.6 Å². The van der Waals surface area contributed by atoms with Crippen molar-refractivity contribution in [2.75, 3.05) is 12.4 Å². The third-order valence-electron chi connectivity index (χ3n) is 5.92. The summed E-state index contributed by atoms with van der Waals surface area (Å²) < 4.78 is 7.59. The quantitative estimate of drug-likeness (QED) is 0.286. The van der Waals surface area contributed by atoms with Gasteiger partial charge < -0.3 is 14.6 Å². The maximum Gasteiger partial charge on any atom is 0.146 e. The molecular weight excluding hydrogens is 420 g/mol. The minimum Gasteiger partial charge on any atom is -0.497 e. The Kier molecular flexibility index (Phi) is 6.64. The van der Waals surface area contributed by atoms with Crippen LogP contribution >= 0.6 is 0 Å². The van der Waals surface area contributed by atoms with E-state index >= 15 is 0 Å². The lowest BCUT2D eigenvalue weighted by Gasteiger charge is -2.20. The topological polar surface area (TPSA) is 52.0 Å². The number of allylic oxidation sites excluding steroid dienone is 4. The van der Waals surface area contributed by atoms with Gasteiger partial charge in [0.25, 0.3) is 0 Å². The van der Waals surface area contributed by atoms with E-state index in [0.717, 1.165) is 45.1 Å². The van der Waals surface area contributed by atoms with Crippen molar-refractivity contribution in [2.45, 2.75) is 26.8 Å². The zero-order chi connectivity index (χ0) is 24.2. The molecule has 2 aromatic heterocycles. The van der Waals surface area contributed by atoms with E-state index in [2.05, 4.69) is 85.2 Å². The highest BCUT2D eigenvalue weighted by Gasteiger charge is 2.21. The van der Waals surface area contributed by atoms with Crippen molar-refractivity contribution in [3.63, 3.8) is 0 Å². The Labute approximate surface area is 201 Å². The van der Waals surface area contributed by atoms with Crippen LogP contribution in [0, 0.1) is 13.8 Å². The number of hydrogen-bond donors (Lipinski definition) is 1. The van der Waals surface area contributed by atoms with Crippen molar-refractivity contribution in [1.82, 2.24) is 14.5 Å². The van der Waals surface area contributed by atoms with Gasteiger partial charge in [-0.1, -0.05) is 37.5 Å². The molecule has 4 aromatic rings. The van der Waals surface area contributed by atoms with Gasteiger partial charge in [0.05, 0.1) is 24.2 Å². The van der Waals surface area contributed by atoms with Crippen LogP contribution in [0.1, 0.15) is 24.1 Å². The van der Waals surface area contributed by atoms with Crippen molar-refractivity contribution in [3.05, 3.63) is 103 Å². The third-order valence-corrected chi connectivity index (χ3v) is 5.92. The number of ether oxygens (including phenoxy) is 1. The Hall–Kier alpha value is -4.12. The number of methoxy groups -OCH3 is 1. The number of hydrogen-bond acceptors (Lipinski definition) is 4. The first kappa shape index (κ1) is 23.1. The summed E-state index contributed by atoms with van der Waals surface area (Å²) in [6.07, 6.45) is 7.25. The Morgan fingerprint density at radius 1 is 1.03 bits per heavy atom. The fraction of sp³-hybridized carbons (Fsp3) is 0.172. The molecule has 1 atom stereocenters. The highest BCUT2D eigenvalue weighted by molar-refractivity contribution is 5.94. The zero-order valence-corrected chi connectivity index (χ0v) is 20.2. The average molecular weight is 451 g/mol. The van der Waals surface area contributed by atoms with Crippen molar-refractivity contribution < 1.29 is 4.74 Å². The van der Waals surface area contributed by atoms with Crippen LogP contribution in [0.2, 0.25) is 0 Å². The lowest BCUT2D eigenvalue weighted by molar-refractivity contribution is 0.415. The molecule has 0 aliphatic carbocycles. The maximum atomic E-state index is 5.36. The second-order valence-corrected chi connectivity index (χ2v) is 8.37. The predicted molar refractivity (Wildman–Crippen MR) is 142 cm³/mol. The lowest BCUT2D eigenvalue weighted by atomic mass is 10.1. The Bertz CT molecular complexity index is 1360. The zero-order valence-electron chi connectivity index (χ0n) is 20.2. The van der Waals surface area contributed by atoms with Gasteiger partial charge in [0.2, 0.25) is 0 Å². The monoisotopic (exact) mass is 450 g/mol. The number of anilines is 2. The molecule has 0 aliphatic heterocycles. The molecule has 0 aliphatic rings. The van der Waals surface area contributed by atoms with Crippen molar-refractivity contribution in [1.29, 1.82) is 0 Å². The van der Waals surface area contributed by atoms with E-state index in [1.807, 2.05) is 24.3 Å². The molecule has 5 nitrogen and oxygen atoms in total. The fourth-order valence-corrected chi connectivity index (χ4v) is 4.35. The summed E-state index contributed by atoms with van der Waals surface area (Å²) in [4.78, 5) is 9.29. The fourth-order valence-electron chi connectivity index (χ4n) is 4.35. The largest absolute Gasteiger partial charge is 0.497 e. The SMILES string of the molecule is C=C/C=C(\C=C)C(C)n1c(-c2ccc(OC)cc2)cc2c(Nc3cc(C)cc(C)c3)ncnc21. The van der Waals surface area contributed by atoms with E-state index in [0.29, 0.717) is 0 Å². The van der Waals surface area contributed by atoms with E-state index in [9.17, 15) is 0 Å². The molecule has 0 saturated carbocycles. The minimum absolute atomic E-state index is 0.0194. The molecule has 2 heterocycles. The summed E-state index contributed by atoms with van der Waals surface area (Å²) in [5.41, 5.74) is 7.38. The van der Waals surface area contributed by atoms with Crippen LogP contribution in [0.5, 0.6) is 5.75 Å². The molecule has 0 radical (unpaired) electrons. The second kappa shape index (κ2) is 9.79. The average Bonchev–Trinajstić information content (AvgIpc) is 3.22. The molecule has 0 bridgehead atoms. The van der Waals surface area contributed by atoms with Crippen LogP contribution in [0.15, 0.2) is 91.8 Å². The summed E-state index contributed by atoms with van der Waals surface area (Å²) >= 11 is 0. The van der Waals surface area contributed by atoms with Crippen molar-refractivity contribution in [3.8, 4) is 17.0 Å². The van der Waals surface area contributed by atoms with E-state index < -0.39 is 0 Å². The first-order valence-corrected chi connectivity index (χ1v) is 11.3. The van der Waals surface area contributed by atoms with Gasteiger partial charge in [-0.05, 0) is 85.5 Å². The van der Waals surface area contributed by atoms with Crippen molar-refractivity contribution in [2.24, 2.45) is 0 Å². The van der Waals surface area contributed by atoms with E-state index in [-0.39, 0.29) is 6.04 Å². The van der Waals surface area contributed by atoms with Gasteiger partial charge in [0.1, 0.15) is 23.5 Å². The molecule has 34 heavy (non-hydrogen) atoms. The predicted octanol–water partition coefficient (Wildman–Crippen LogP) is 7.33. The molecule has 0 saturated heterocycles. The highest BCUT2D eigenvalue weighted by atomic mass is 16.5. The summed E-state index contributed by atoms with van der Waals surface area (Å²) in [6.45, 7) is 14.2. The number of rotatable bonds is 8. The Balaban J connectivity index is 1.93. The van der Waals surface area contributed by atoms with Crippen molar-refractivity contribution >= 4 is 22.5 Å². The maximum absolute atomic E-state index is 5.36. The summed E-state index contributed by atoms with van der Waals surface area (Å²) in [6, 6.07) is 16.6. The molecular formula is C29H30N4O. The molecule has 172 valence electrons. The number of benzene rings is 2. The number of aryl methyl sites for hydroxylation is 2. The minimum atomic E-state index is -0.0194. The van der Waals surface area contributed by atoms with Gasteiger partial charge in [-0.15, -0.1) is 0 Å². The van der Waals surface area contributed by atoms with Crippen LogP contribution in [-0.2, 0) is 0 Å². The molecule has 4 rings (SSSR count). The molecule has 0 spiro atoms. The van der Waals surface area contributed by atoms with Gasteiger partial charge in [0, 0.05) is 5.69 Å². The summed E-state index contributed by atoms with van der Waals surface area (Å²) in [5, 5.41) is 4.46. The molecule has 1 N–H and O–H groups in total. The van der Waals surface area contributed by atoms with Crippen LogP contribution in [0.3, 0.4) is 0 Å². The van der Waals surface area contributed by atoms with E-state index in [1.165, 1.54) is 11.1 Å². The molecule has 0 fully saturated rings. The summed E-state index contributed by atoms with van der Waals surface area (Å²) in [7, 11) is 1.67. The highest BCUT2D eigenvalue weighted by Crippen LogP contribution is 2.37. The van der Waals surface area contributed by atoms with Gasteiger partial charge in [0.15, 0.2) is 0 Å². The molecule has 1 unspecified atom stereocenters. The lowest BCUT2D eigenvalue weighted by Crippen LogP contribution is -2.09. The van der Waals surface area contributed by atoms with Crippen LogP contribution < -0.4 is 10.1 Å². The van der Waals surface area contributed by atoms with Crippen LogP contribution in [0.25, 0.3) is 22.3 Å². The van der Waals surface area contributed by atoms with Gasteiger partial charge >= 0.3 is 0 Å². The Morgan fingerprint density at radius 2 is 1.74 bits per heavy atom. The van der Waals surface area contributed by atoms with Crippen LogP contribution in [0.4, 0.5) is 11.5 Å². The van der Waals surface area contributed by atoms with E-state index in [1.54, 1.807) is 19.5 Å². The van der Waals surface area contributed by atoms with Gasteiger partial charge in [-0.25, -0.2) is 9.97 Å². The second-order valence-electron chi connectivity index (χ2n) is 8.37. The standard InChI is InChI=1S/C29H30N4O/c1-7-9-22(8-2)21(5)33-27(23-10-12-25(34-6)13-11-23)17-26-28(30-18-31-29(26)33)32-24-15-19(3)14-20(4)16-24/h7-18,21H,1-2H2,3-6H3,(H,30,31,32)/b22-9+. The number of nitrogens with zero attached hydrogens (tertiary/aromatic N) is 3. The third kappa shape index (κ3) is 4.50. The number of fused-ring (bicyclic) bond motifs is 1. The first-order valence-electron chi connectivity index (χ1n) is 11.3. The number of aromatic nitrogens is 3.